The molecule has 13 heteroatoms. The molecule has 0 radical (unpaired) electrons. The summed E-state index contributed by atoms with van der Waals surface area (Å²) in [5, 5.41) is 63.7. The molecule has 0 aromatic carbocycles. The number of carbonyl (C=O) groups excluding carboxylic acids is 1. The molecule has 8 N–H and O–H groups in total. The molecule has 1 saturated carbocycles. The maximum Gasteiger partial charge on any atom is 0.472 e. The minimum Gasteiger partial charge on any atom is -0.387 e. The van der Waals surface area contributed by atoms with Crippen molar-refractivity contribution in [2.75, 3.05) is 6.61 Å². The molecule has 1 rings (SSSR count). The number of nitrogens with one attached hydrogen (secondary N) is 1. The lowest BCUT2D eigenvalue weighted by Crippen LogP contribution is -2.64. The van der Waals surface area contributed by atoms with Crippen molar-refractivity contribution in [1.82, 2.24) is 5.32 Å². The largest absolute Gasteiger partial charge is 0.472 e. The lowest BCUT2D eigenvalue weighted by atomic mass is 9.85. The standard InChI is InChI=1S/C40H78NO11P/c1-3-5-7-9-11-13-15-16-17-18-19-20-22-24-26-28-30-34(43)41-32(33(42)29-27-25-23-21-14-12-10-8-6-4-2)31-51-53(49,50)52-40-38(47)36(45)35(44)37(46)39(40)48/h27,29,32-33,35-40,42,44-48H,3-26,28,30-31H2,1-2H3,(H,41,43)(H,49,50)/b29-27+/t32-,33+,35?,36+,37?,38?,39?,40?/m0/s1. The topological polar surface area (TPSA) is 206 Å². The monoisotopic (exact) mass is 780 g/mol. The van der Waals surface area contributed by atoms with Crippen molar-refractivity contribution >= 4 is 13.7 Å². The molecular formula is C40H78NO11P. The van der Waals surface area contributed by atoms with Crippen LogP contribution >= 0.6 is 7.82 Å². The molecule has 0 aromatic heterocycles. The van der Waals surface area contributed by atoms with Gasteiger partial charge in [0.25, 0.3) is 0 Å². The van der Waals surface area contributed by atoms with Crippen LogP contribution in [0.1, 0.15) is 181 Å². The highest BCUT2D eigenvalue weighted by molar-refractivity contribution is 7.47. The second-order valence-corrected chi connectivity index (χ2v) is 16.6. The molecule has 1 aliphatic carbocycles. The van der Waals surface area contributed by atoms with Gasteiger partial charge in [0, 0.05) is 6.42 Å². The summed E-state index contributed by atoms with van der Waals surface area (Å²) in [6.45, 7) is 3.80. The molecule has 0 heterocycles. The van der Waals surface area contributed by atoms with Gasteiger partial charge in [-0.1, -0.05) is 167 Å². The lowest BCUT2D eigenvalue weighted by molar-refractivity contribution is -0.220. The Bertz CT molecular complexity index is 957. The highest BCUT2D eigenvalue weighted by Gasteiger charge is 2.51. The molecule has 0 aromatic rings. The van der Waals surface area contributed by atoms with Gasteiger partial charge in [-0.2, -0.15) is 0 Å². The maximum atomic E-state index is 12.9. The van der Waals surface area contributed by atoms with Crippen LogP contribution in [0.2, 0.25) is 0 Å². The molecule has 1 amide bonds. The molecule has 9 atom stereocenters. The summed E-state index contributed by atoms with van der Waals surface area (Å²) >= 11 is 0. The zero-order chi connectivity index (χ0) is 39.3. The summed E-state index contributed by atoms with van der Waals surface area (Å²) in [4.78, 5) is 23.2. The van der Waals surface area contributed by atoms with E-state index in [9.17, 15) is 44.9 Å². The van der Waals surface area contributed by atoms with Gasteiger partial charge in [-0.05, 0) is 19.3 Å². The van der Waals surface area contributed by atoms with Gasteiger partial charge in [-0.15, -0.1) is 0 Å². The molecule has 1 aliphatic rings. The van der Waals surface area contributed by atoms with Gasteiger partial charge in [-0.25, -0.2) is 4.57 Å². The third kappa shape index (κ3) is 23.7. The van der Waals surface area contributed by atoms with Crippen LogP contribution in [0.15, 0.2) is 12.2 Å². The van der Waals surface area contributed by atoms with E-state index >= 15 is 0 Å². The normalized spacial score (nSPS) is 24.3. The van der Waals surface area contributed by atoms with Crippen molar-refractivity contribution in [3.05, 3.63) is 12.2 Å². The zero-order valence-electron chi connectivity index (χ0n) is 33.1. The molecule has 0 bridgehead atoms. The molecular weight excluding hydrogens is 701 g/mol. The smallest absolute Gasteiger partial charge is 0.387 e. The fourth-order valence-electron chi connectivity index (χ4n) is 6.78. The SMILES string of the molecule is CCCCCCCCCC/C=C/[C@@H](O)[C@H](COP(=O)(O)OC1C(O)C(O)C(O)[C@@H](O)C1O)NC(=O)CCCCCCCCCCCCCCCCCC. The summed E-state index contributed by atoms with van der Waals surface area (Å²) in [6.07, 6.45) is 20.1. The van der Waals surface area contributed by atoms with Crippen LogP contribution in [0.3, 0.4) is 0 Å². The van der Waals surface area contributed by atoms with E-state index in [2.05, 4.69) is 19.2 Å². The molecule has 1 fully saturated rings. The Balaban J connectivity index is 2.51. The average molecular weight is 780 g/mol. The van der Waals surface area contributed by atoms with Gasteiger partial charge in [-0.3, -0.25) is 13.8 Å². The van der Waals surface area contributed by atoms with Crippen molar-refractivity contribution in [3.63, 3.8) is 0 Å². The van der Waals surface area contributed by atoms with E-state index in [0.717, 1.165) is 44.9 Å². The summed E-state index contributed by atoms with van der Waals surface area (Å²) in [7, 11) is -5.07. The van der Waals surface area contributed by atoms with Crippen molar-refractivity contribution in [2.24, 2.45) is 0 Å². The maximum absolute atomic E-state index is 12.9. The Morgan fingerprint density at radius 3 is 1.43 bits per heavy atom. The number of rotatable bonds is 34. The highest BCUT2D eigenvalue weighted by atomic mass is 31.2. The molecule has 53 heavy (non-hydrogen) atoms. The van der Waals surface area contributed by atoms with Crippen LogP contribution in [0.25, 0.3) is 0 Å². The van der Waals surface area contributed by atoms with Crippen LogP contribution in [-0.2, 0) is 18.4 Å². The summed E-state index contributed by atoms with van der Waals surface area (Å²) < 4.78 is 22.8. The number of unbranched alkanes of at least 4 members (excludes halogenated alkanes) is 23. The first-order valence-electron chi connectivity index (χ1n) is 21.1. The Hall–Kier alpha value is -0.920. The average Bonchev–Trinajstić information content (AvgIpc) is 3.13. The molecule has 0 saturated heterocycles. The first-order valence-corrected chi connectivity index (χ1v) is 22.6. The second kappa shape index (κ2) is 31.2. The summed E-state index contributed by atoms with van der Waals surface area (Å²) in [6, 6.07) is -1.11. The third-order valence-electron chi connectivity index (χ3n) is 10.3. The molecule has 314 valence electrons. The number of amides is 1. The highest BCUT2D eigenvalue weighted by Crippen LogP contribution is 2.47. The van der Waals surface area contributed by atoms with E-state index in [1.807, 2.05) is 6.08 Å². The molecule has 0 spiro atoms. The Labute approximate surface area is 320 Å². The number of carbonyl (C=O) groups is 1. The Morgan fingerprint density at radius 2 is 1.00 bits per heavy atom. The molecule has 12 nitrogen and oxygen atoms in total. The van der Waals surface area contributed by atoms with Crippen LogP contribution in [0.5, 0.6) is 0 Å². The number of aliphatic hydroxyl groups excluding tert-OH is 6. The van der Waals surface area contributed by atoms with Crippen LogP contribution < -0.4 is 5.32 Å². The first kappa shape index (κ1) is 50.1. The second-order valence-electron chi connectivity index (χ2n) is 15.2. The van der Waals surface area contributed by atoms with Crippen molar-refractivity contribution in [3.8, 4) is 0 Å². The minimum atomic E-state index is -5.07. The van der Waals surface area contributed by atoms with Gasteiger partial charge in [0.05, 0.1) is 18.8 Å². The van der Waals surface area contributed by atoms with Crippen LogP contribution in [0, 0.1) is 0 Å². The predicted octanol–water partition coefficient (Wildman–Crippen LogP) is 6.89. The Kier molecular flexibility index (Phi) is 29.5. The van der Waals surface area contributed by atoms with Gasteiger partial charge in [0.15, 0.2) is 0 Å². The van der Waals surface area contributed by atoms with Crippen molar-refractivity contribution < 1.29 is 53.9 Å². The fraction of sp³-hybridized carbons (Fsp3) is 0.925. The molecule has 6 unspecified atom stereocenters. The quantitative estimate of drug-likeness (QED) is 0.0192. The number of aliphatic hydroxyl groups is 6. The van der Waals surface area contributed by atoms with E-state index < -0.39 is 63.2 Å². The number of hydrogen-bond donors (Lipinski definition) is 8. The van der Waals surface area contributed by atoms with Crippen molar-refractivity contribution in [1.29, 1.82) is 0 Å². The van der Waals surface area contributed by atoms with Gasteiger partial charge in [0.2, 0.25) is 5.91 Å². The third-order valence-corrected chi connectivity index (χ3v) is 11.3. The van der Waals surface area contributed by atoms with E-state index in [0.29, 0.717) is 6.42 Å². The van der Waals surface area contributed by atoms with Gasteiger partial charge < -0.3 is 40.8 Å². The minimum absolute atomic E-state index is 0.218. The number of phosphoric ester groups is 1. The van der Waals surface area contributed by atoms with Gasteiger partial charge >= 0.3 is 7.82 Å². The van der Waals surface area contributed by atoms with E-state index in [4.69, 9.17) is 9.05 Å². The zero-order valence-corrected chi connectivity index (χ0v) is 34.0. The number of phosphoric acid groups is 1. The molecule has 0 aliphatic heterocycles. The number of allylic oxidation sites excluding steroid dienone is 1. The lowest BCUT2D eigenvalue weighted by Gasteiger charge is -2.41. The van der Waals surface area contributed by atoms with Crippen LogP contribution in [0.4, 0.5) is 0 Å². The van der Waals surface area contributed by atoms with Crippen molar-refractivity contribution in [2.45, 2.75) is 230 Å². The van der Waals surface area contributed by atoms with E-state index in [1.165, 1.54) is 115 Å². The van der Waals surface area contributed by atoms with E-state index in [-0.39, 0.29) is 12.3 Å². The fourth-order valence-corrected chi connectivity index (χ4v) is 7.75. The van der Waals surface area contributed by atoms with Gasteiger partial charge in [0.1, 0.15) is 36.6 Å². The van der Waals surface area contributed by atoms with Crippen LogP contribution in [-0.4, -0.2) is 96.8 Å². The number of hydrogen-bond acceptors (Lipinski definition) is 10. The summed E-state index contributed by atoms with van der Waals surface area (Å²) in [5.41, 5.74) is 0. The van der Waals surface area contributed by atoms with E-state index in [1.54, 1.807) is 0 Å². The summed E-state index contributed by atoms with van der Waals surface area (Å²) in [5.74, 6) is -0.341. The predicted molar refractivity (Wildman–Crippen MR) is 209 cm³/mol. The first-order chi connectivity index (χ1) is 25.4. The Morgan fingerprint density at radius 1 is 0.623 bits per heavy atom.